The summed E-state index contributed by atoms with van der Waals surface area (Å²) in [5.41, 5.74) is 6.75. The maximum Gasteiger partial charge on any atom is 0.0615 e. The summed E-state index contributed by atoms with van der Waals surface area (Å²) in [6.07, 6.45) is 7.64. The molecule has 0 spiro atoms. The minimum atomic E-state index is -0.00843. The van der Waals surface area contributed by atoms with Crippen LogP contribution in [0.1, 0.15) is 46.0 Å². The van der Waals surface area contributed by atoms with Crippen LogP contribution in [0.25, 0.3) is 0 Å². The fourth-order valence-electron chi connectivity index (χ4n) is 3.85. The first-order valence-electron chi connectivity index (χ1n) is 5.97. The lowest BCUT2D eigenvalue weighted by Gasteiger charge is -2.38. The average molecular weight is 195 g/mol. The molecule has 0 aromatic heterocycles. The minimum absolute atomic E-state index is 0.00843. The molecule has 1 aliphatic carbocycles. The Morgan fingerprint density at radius 1 is 1.29 bits per heavy atom. The monoisotopic (exact) mass is 195 g/mol. The van der Waals surface area contributed by atoms with Gasteiger partial charge in [-0.15, -0.1) is 0 Å². The van der Waals surface area contributed by atoms with E-state index in [1.807, 2.05) is 0 Å². The van der Waals surface area contributed by atoms with E-state index in [1.165, 1.54) is 32.1 Å². The molecule has 2 aliphatic heterocycles. The van der Waals surface area contributed by atoms with E-state index in [1.54, 1.807) is 0 Å². The summed E-state index contributed by atoms with van der Waals surface area (Å²) in [5.74, 6) is 0.765. The zero-order chi connectivity index (χ0) is 9.97. The molecule has 3 rings (SSSR count). The van der Waals surface area contributed by atoms with Gasteiger partial charge in [0.15, 0.2) is 0 Å². The summed E-state index contributed by atoms with van der Waals surface area (Å²) in [4.78, 5) is 0. The highest BCUT2D eigenvalue weighted by atomic mass is 16.5. The van der Waals surface area contributed by atoms with Crippen LogP contribution in [0.4, 0.5) is 0 Å². The van der Waals surface area contributed by atoms with Crippen LogP contribution in [0.3, 0.4) is 0 Å². The Hall–Kier alpha value is -0.0800. The summed E-state index contributed by atoms with van der Waals surface area (Å²) in [5, 5.41) is 0. The van der Waals surface area contributed by atoms with E-state index < -0.39 is 0 Å². The summed E-state index contributed by atoms with van der Waals surface area (Å²) in [7, 11) is 0. The van der Waals surface area contributed by atoms with E-state index in [0.717, 1.165) is 5.92 Å². The smallest absolute Gasteiger partial charge is 0.0615 e. The molecule has 2 saturated heterocycles. The average Bonchev–Trinajstić information content (AvgIpc) is 2.67. The second-order valence-electron chi connectivity index (χ2n) is 6.09. The van der Waals surface area contributed by atoms with E-state index in [9.17, 15) is 0 Å². The molecule has 2 heteroatoms. The molecule has 14 heavy (non-hydrogen) atoms. The standard InChI is InChI=1S/C12H21NO/c1-11(2,13)12(5-6-12)9-7-8-3-4-10(9)14-8/h8-10H,3-7,13H2,1-2H3. The molecule has 2 nitrogen and oxygen atoms in total. The molecule has 3 unspecified atom stereocenters. The highest BCUT2D eigenvalue weighted by molar-refractivity contribution is 5.14. The topological polar surface area (TPSA) is 35.2 Å². The Kier molecular flexibility index (Phi) is 1.66. The number of fused-ring (bicyclic) bond motifs is 2. The van der Waals surface area contributed by atoms with Gasteiger partial charge in [-0.2, -0.15) is 0 Å². The van der Waals surface area contributed by atoms with Crippen LogP contribution < -0.4 is 5.73 Å². The molecule has 2 bridgehead atoms. The summed E-state index contributed by atoms with van der Waals surface area (Å²) < 4.78 is 5.95. The van der Waals surface area contributed by atoms with Gasteiger partial charge in [-0.1, -0.05) is 0 Å². The number of nitrogens with two attached hydrogens (primary N) is 1. The van der Waals surface area contributed by atoms with Crippen molar-refractivity contribution in [3.63, 3.8) is 0 Å². The van der Waals surface area contributed by atoms with E-state index >= 15 is 0 Å². The molecular weight excluding hydrogens is 174 g/mol. The zero-order valence-electron chi connectivity index (χ0n) is 9.25. The Bertz CT molecular complexity index is 252. The van der Waals surface area contributed by atoms with Crippen LogP contribution in [0.5, 0.6) is 0 Å². The van der Waals surface area contributed by atoms with Gasteiger partial charge in [-0.05, 0) is 57.3 Å². The van der Waals surface area contributed by atoms with Gasteiger partial charge in [0.05, 0.1) is 12.2 Å². The number of hydrogen-bond acceptors (Lipinski definition) is 2. The van der Waals surface area contributed by atoms with Gasteiger partial charge in [-0.25, -0.2) is 0 Å². The third-order valence-electron chi connectivity index (χ3n) is 4.89. The second-order valence-corrected chi connectivity index (χ2v) is 6.09. The van der Waals surface area contributed by atoms with Crippen molar-refractivity contribution >= 4 is 0 Å². The lowest BCUT2D eigenvalue weighted by molar-refractivity contribution is 0.0629. The molecule has 3 atom stereocenters. The second kappa shape index (κ2) is 2.53. The minimum Gasteiger partial charge on any atom is -0.375 e. The molecule has 0 aromatic rings. The molecule has 3 aliphatic rings. The van der Waals surface area contributed by atoms with E-state index in [-0.39, 0.29) is 5.54 Å². The first-order chi connectivity index (χ1) is 6.53. The van der Waals surface area contributed by atoms with Crippen LogP contribution >= 0.6 is 0 Å². The Morgan fingerprint density at radius 3 is 2.36 bits per heavy atom. The van der Waals surface area contributed by atoms with Gasteiger partial charge in [0.25, 0.3) is 0 Å². The molecule has 0 radical (unpaired) electrons. The molecular formula is C12H21NO. The molecule has 80 valence electrons. The predicted octanol–water partition coefficient (Wildman–Crippen LogP) is 2.07. The SMILES string of the molecule is CC(C)(N)C1(C2CC3CCC2O3)CC1. The van der Waals surface area contributed by atoms with E-state index in [0.29, 0.717) is 17.6 Å². The van der Waals surface area contributed by atoms with E-state index in [4.69, 9.17) is 10.5 Å². The largest absolute Gasteiger partial charge is 0.375 e. The lowest BCUT2D eigenvalue weighted by Crippen LogP contribution is -2.48. The van der Waals surface area contributed by atoms with Gasteiger partial charge in [0, 0.05) is 5.54 Å². The van der Waals surface area contributed by atoms with Crippen LogP contribution in [-0.4, -0.2) is 17.7 Å². The van der Waals surface area contributed by atoms with Crippen molar-refractivity contribution in [2.75, 3.05) is 0 Å². The Labute approximate surface area is 86.2 Å². The number of ether oxygens (including phenoxy) is 1. The molecule has 0 amide bonds. The van der Waals surface area contributed by atoms with Gasteiger partial charge < -0.3 is 10.5 Å². The van der Waals surface area contributed by atoms with Crippen LogP contribution in [0, 0.1) is 11.3 Å². The normalized spacial score (nSPS) is 44.4. The highest BCUT2D eigenvalue weighted by Gasteiger charge is 2.62. The summed E-state index contributed by atoms with van der Waals surface area (Å²) in [6, 6.07) is 0. The van der Waals surface area contributed by atoms with Gasteiger partial charge in [-0.3, -0.25) is 0 Å². The Balaban J connectivity index is 1.83. The van der Waals surface area contributed by atoms with Crippen LogP contribution in [0.15, 0.2) is 0 Å². The van der Waals surface area contributed by atoms with Crippen LogP contribution in [-0.2, 0) is 4.74 Å². The molecule has 2 heterocycles. The maximum absolute atomic E-state index is 6.33. The van der Waals surface area contributed by atoms with Gasteiger partial charge >= 0.3 is 0 Å². The fraction of sp³-hybridized carbons (Fsp3) is 1.00. The summed E-state index contributed by atoms with van der Waals surface area (Å²) in [6.45, 7) is 4.40. The highest BCUT2D eigenvalue weighted by Crippen LogP contribution is 2.64. The lowest BCUT2D eigenvalue weighted by atomic mass is 9.69. The van der Waals surface area contributed by atoms with Crippen LogP contribution in [0.2, 0.25) is 0 Å². The molecule has 0 aromatic carbocycles. The predicted molar refractivity (Wildman–Crippen MR) is 55.9 cm³/mol. The van der Waals surface area contributed by atoms with Crippen molar-refractivity contribution in [3.05, 3.63) is 0 Å². The quantitative estimate of drug-likeness (QED) is 0.732. The molecule has 2 N–H and O–H groups in total. The summed E-state index contributed by atoms with van der Waals surface area (Å²) >= 11 is 0. The van der Waals surface area contributed by atoms with Gasteiger partial charge in [0.1, 0.15) is 0 Å². The van der Waals surface area contributed by atoms with Crippen molar-refractivity contribution in [2.45, 2.75) is 63.7 Å². The third-order valence-corrected chi connectivity index (χ3v) is 4.89. The van der Waals surface area contributed by atoms with Gasteiger partial charge in [0.2, 0.25) is 0 Å². The van der Waals surface area contributed by atoms with Crippen molar-refractivity contribution in [1.29, 1.82) is 0 Å². The first-order valence-corrected chi connectivity index (χ1v) is 5.97. The zero-order valence-corrected chi connectivity index (χ0v) is 9.25. The van der Waals surface area contributed by atoms with Crippen molar-refractivity contribution in [3.8, 4) is 0 Å². The third kappa shape index (κ3) is 1.04. The van der Waals surface area contributed by atoms with Crippen molar-refractivity contribution in [1.82, 2.24) is 0 Å². The fourth-order valence-corrected chi connectivity index (χ4v) is 3.85. The Morgan fingerprint density at radius 2 is 2.00 bits per heavy atom. The van der Waals surface area contributed by atoms with Crippen molar-refractivity contribution in [2.24, 2.45) is 17.1 Å². The number of rotatable bonds is 2. The number of hydrogen-bond donors (Lipinski definition) is 1. The first kappa shape index (κ1) is 9.17. The van der Waals surface area contributed by atoms with Crippen molar-refractivity contribution < 1.29 is 4.74 Å². The molecule has 3 fully saturated rings. The molecule has 1 saturated carbocycles. The maximum atomic E-state index is 6.33. The van der Waals surface area contributed by atoms with E-state index in [2.05, 4.69) is 13.8 Å².